The van der Waals surface area contributed by atoms with Gasteiger partial charge in [-0.2, -0.15) is 0 Å². The second-order valence-electron chi connectivity index (χ2n) is 7.20. The van der Waals surface area contributed by atoms with Gasteiger partial charge in [0.05, 0.1) is 0 Å². The number of benzene rings is 1. The Balaban J connectivity index is 2.09. The first-order valence-electron chi connectivity index (χ1n) is 8.53. The highest BCUT2D eigenvalue weighted by Gasteiger charge is 2.41. The summed E-state index contributed by atoms with van der Waals surface area (Å²) in [5.41, 5.74) is 3.12. The van der Waals surface area contributed by atoms with Crippen molar-refractivity contribution in [3.05, 3.63) is 29.8 Å². The molecule has 0 aromatic heterocycles. The lowest BCUT2D eigenvalue weighted by Gasteiger charge is -2.35. The van der Waals surface area contributed by atoms with E-state index in [1.165, 1.54) is 30.6 Å². The SMILES string of the molecule is CCNC1C(CN(CC)c2ccc(C)cc2)CCC1(C)C. The summed E-state index contributed by atoms with van der Waals surface area (Å²) in [6.07, 6.45) is 2.67. The van der Waals surface area contributed by atoms with Crippen LogP contribution in [-0.4, -0.2) is 25.7 Å². The van der Waals surface area contributed by atoms with Gasteiger partial charge in [-0.25, -0.2) is 0 Å². The number of nitrogens with one attached hydrogen (secondary N) is 1. The molecule has 1 aromatic rings. The van der Waals surface area contributed by atoms with Gasteiger partial charge in [0.2, 0.25) is 0 Å². The average Bonchev–Trinajstić information content (AvgIpc) is 2.73. The molecule has 1 saturated carbocycles. The lowest BCUT2D eigenvalue weighted by molar-refractivity contribution is 0.253. The molecule has 1 aliphatic carbocycles. The zero-order valence-corrected chi connectivity index (χ0v) is 14.4. The highest BCUT2D eigenvalue weighted by Crippen LogP contribution is 2.42. The Hall–Kier alpha value is -1.02. The highest BCUT2D eigenvalue weighted by atomic mass is 15.1. The number of hydrogen-bond donors (Lipinski definition) is 1. The Morgan fingerprint density at radius 3 is 2.43 bits per heavy atom. The van der Waals surface area contributed by atoms with E-state index in [9.17, 15) is 0 Å². The summed E-state index contributed by atoms with van der Waals surface area (Å²) in [4.78, 5) is 2.54. The molecule has 2 unspecified atom stereocenters. The Morgan fingerprint density at radius 1 is 1.19 bits per heavy atom. The van der Waals surface area contributed by atoms with E-state index in [1.54, 1.807) is 0 Å². The van der Waals surface area contributed by atoms with Crippen molar-refractivity contribution in [2.24, 2.45) is 11.3 Å². The van der Waals surface area contributed by atoms with Gasteiger partial charge in [0, 0.05) is 24.8 Å². The van der Waals surface area contributed by atoms with Gasteiger partial charge in [-0.05, 0) is 56.7 Å². The van der Waals surface area contributed by atoms with Crippen LogP contribution >= 0.6 is 0 Å². The molecule has 0 amide bonds. The van der Waals surface area contributed by atoms with Gasteiger partial charge in [0.15, 0.2) is 0 Å². The maximum absolute atomic E-state index is 3.75. The molecule has 2 heteroatoms. The summed E-state index contributed by atoms with van der Waals surface area (Å²) in [6, 6.07) is 9.61. The normalized spacial score (nSPS) is 24.2. The maximum Gasteiger partial charge on any atom is 0.0366 e. The second-order valence-corrected chi connectivity index (χ2v) is 7.20. The third-order valence-electron chi connectivity index (χ3n) is 5.13. The van der Waals surface area contributed by atoms with Crippen molar-refractivity contribution in [2.75, 3.05) is 24.5 Å². The minimum absolute atomic E-state index is 0.424. The minimum atomic E-state index is 0.424. The fraction of sp³-hybridized carbons (Fsp3) is 0.684. The first-order chi connectivity index (χ1) is 9.97. The van der Waals surface area contributed by atoms with Gasteiger partial charge in [0.25, 0.3) is 0 Å². The predicted octanol–water partition coefficient (Wildman–Crippen LogP) is 4.24. The molecule has 0 spiro atoms. The summed E-state index contributed by atoms with van der Waals surface area (Å²) in [5, 5.41) is 3.75. The lowest BCUT2D eigenvalue weighted by atomic mass is 9.84. The molecule has 1 aromatic carbocycles. The van der Waals surface area contributed by atoms with Crippen molar-refractivity contribution < 1.29 is 0 Å². The molecule has 1 N–H and O–H groups in total. The Kier molecular flexibility index (Phi) is 5.32. The molecule has 2 nitrogen and oxygen atoms in total. The molecular formula is C19H32N2. The molecule has 0 radical (unpaired) electrons. The summed E-state index contributed by atoms with van der Waals surface area (Å²) in [5.74, 6) is 0.751. The van der Waals surface area contributed by atoms with Gasteiger partial charge in [-0.1, -0.05) is 38.5 Å². The fourth-order valence-electron chi connectivity index (χ4n) is 3.83. The molecule has 2 rings (SSSR count). The topological polar surface area (TPSA) is 15.3 Å². The Labute approximate surface area is 130 Å². The third-order valence-corrected chi connectivity index (χ3v) is 5.13. The van der Waals surface area contributed by atoms with Crippen molar-refractivity contribution >= 4 is 5.69 Å². The standard InChI is InChI=1S/C19H32N2/c1-6-20-18-16(12-13-19(18,4)5)14-21(7-2)17-10-8-15(3)9-11-17/h8-11,16,18,20H,6-7,12-14H2,1-5H3. The number of rotatable bonds is 6. The molecular weight excluding hydrogens is 256 g/mol. The van der Waals surface area contributed by atoms with E-state index < -0.39 is 0 Å². The van der Waals surface area contributed by atoms with Gasteiger partial charge in [0.1, 0.15) is 0 Å². The largest absolute Gasteiger partial charge is 0.371 e. The monoisotopic (exact) mass is 288 g/mol. The van der Waals surface area contributed by atoms with Crippen LogP contribution in [0.25, 0.3) is 0 Å². The molecule has 0 aliphatic heterocycles. The van der Waals surface area contributed by atoms with E-state index in [0.717, 1.165) is 19.0 Å². The summed E-state index contributed by atoms with van der Waals surface area (Å²) in [6.45, 7) is 14.8. The van der Waals surface area contributed by atoms with Crippen molar-refractivity contribution in [1.82, 2.24) is 5.32 Å². The van der Waals surface area contributed by atoms with Crippen LogP contribution in [0.1, 0.15) is 46.1 Å². The van der Waals surface area contributed by atoms with E-state index in [2.05, 4.69) is 69.1 Å². The van der Waals surface area contributed by atoms with Crippen molar-refractivity contribution in [3.63, 3.8) is 0 Å². The Morgan fingerprint density at radius 2 is 1.86 bits per heavy atom. The molecule has 0 saturated heterocycles. The third kappa shape index (κ3) is 3.79. The minimum Gasteiger partial charge on any atom is -0.371 e. The van der Waals surface area contributed by atoms with Gasteiger partial charge in [-0.15, -0.1) is 0 Å². The molecule has 118 valence electrons. The van der Waals surface area contributed by atoms with Gasteiger partial charge >= 0.3 is 0 Å². The molecule has 1 aliphatic rings. The van der Waals surface area contributed by atoms with Gasteiger partial charge in [-0.3, -0.25) is 0 Å². The quantitative estimate of drug-likeness (QED) is 0.842. The van der Waals surface area contributed by atoms with Crippen LogP contribution in [0, 0.1) is 18.3 Å². The van der Waals surface area contributed by atoms with E-state index in [4.69, 9.17) is 0 Å². The van der Waals surface area contributed by atoms with E-state index >= 15 is 0 Å². The first kappa shape index (κ1) is 16.4. The van der Waals surface area contributed by atoms with Crippen LogP contribution < -0.4 is 10.2 Å². The van der Waals surface area contributed by atoms with Crippen LogP contribution in [0.2, 0.25) is 0 Å². The fourth-order valence-corrected chi connectivity index (χ4v) is 3.83. The maximum atomic E-state index is 3.75. The van der Waals surface area contributed by atoms with E-state index in [-0.39, 0.29) is 0 Å². The van der Waals surface area contributed by atoms with Crippen LogP contribution in [0.15, 0.2) is 24.3 Å². The highest BCUT2D eigenvalue weighted by molar-refractivity contribution is 5.47. The van der Waals surface area contributed by atoms with Crippen molar-refractivity contribution in [3.8, 4) is 0 Å². The van der Waals surface area contributed by atoms with Crippen LogP contribution in [0.3, 0.4) is 0 Å². The molecule has 2 atom stereocenters. The zero-order valence-electron chi connectivity index (χ0n) is 14.4. The number of nitrogens with zero attached hydrogens (tertiary/aromatic N) is 1. The number of aryl methyl sites for hydroxylation is 1. The first-order valence-corrected chi connectivity index (χ1v) is 8.53. The van der Waals surface area contributed by atoms with Crippen molar-refractivity contribution in [2.45, 2.75) is 53.5 Å². The van der Waals surface area contributed by atoms with Crippen LogP contribution in [-0.2, 0) is 0 Å². The Bertz CT molecular complexity index is 435. The lowest BCUT2D eigenvalue weighted by Crippen LogP contribution is -2.45. The number of anilines is 1. The van der Waals surface area contributed by atoms with Crippen molar-refractivity contribution in [1.29, 1.82) is 0 Å². The predicted molar refractivity (Wildman–Crippen MR) is 93.0 cm³/mol. The molecule has 21 heavy (non-hydrogen) atoms. The van der Waals surface area contributed by atoms with Gasteiger partial charge < -0.3 is 10.2 Å². The number of hydrogen-bond acceptors (Lipinski definition) is 2. The van der Waals surface area contributed by atoms with Crippen LogP contribution in [0.5, 0.6) is 0 Å². The van der Waals surface area contributed by atoms with E-state index in [1.807, 2.05) is 0 Å². The average molecular weight is 288 g/mol. The molecule has 1 fully saturated rings. The summed E-state index contributed by atoms with van der Waals surface area (Å²) >= 11 is 0. The smallest absolute Gasteiger partial charge is 0.0366 e. The van der Waals surface area contributed by atoms with E-state index in [0.29, 0.717) is 11.5 Å². The zero-order chi connectivity index (χ0) is 15.5. The summed E-state index contributed by atoms with van der Waals surface area (Å²) < 4.78 is 0. The molecule has 0 heterocycles. The molecule has 0 bridgehead atoms. The van der Waals surface area contributed by atoms with Crippen LogP contribution in [0.4, 0.5) is 5.69 Å². The summed E-state index contributed by atoms with van der Waals surface area (Å²) in [7, 11) is 0. The second kappa shape index (κ2) is 6.83.